The third-order valence-electron chi connectivity index (χ3n) is 2.65. The van der Waals surface area contributed by atoms with Crippen molar-refractivity contribution in [3.05, 3.63) is 23.8 Å². The summed E-state index contributed by atoms with van der Waals surface area (Å²) in [5.41, 5.74) is 4.88. The molecule has 92 valence electrons. The molecule has 0 spiro atoms. The Morgan fingerprint density at radius 1 is 1.35 bits per heavy atom. The Morgan fingerprint density at radius 2 is 2.12 bits per heavy atom. The molecule has 0 bridgehead atoms. The van der Waals surface area contributed by atoms with Gasteiger partial charge in [0.1, 0.15) is 0 Å². The molecule has 2 rings (SSSR count). The molecular formula is C13H18N2O2. The van der Waals surface area contributed by atoms with Gasteiger partial charge in [0.05, 0.1) is 12.0 Å². The molecule has 0 saturated heterocycles. The van der Waals surface area contributed by atoms with Gasteiger partial charge in [-0.25, -0.2) is 5.48 Å². The molecule has 4 nitrogen and oxygen atoms in total. The van der Waals surface area contributed by atoms with Crippen LogP contribution in [0.4, 0.5) is 5.82 Å². The van der Waals surface area contributed by atoms with E-state index < -0.39 is 0 Å². The summed E-state index contributed by atoms with van der Waals surface area (Å²) in [5, 5.41) is 4.88. The summed E-state index contributed by atoms with van der Waals surface area (Å²) in [7, 11) is 0. The van der Waals surface area contributed by atoms with Gasteiger partial charge in [0.2, 0.25) is 5.82 Å². The summed E-state index contributed by atoms with van der Waals surface area (Å²) in [6.07, 6.45) is 0. The smallest absolute Gasteiger partial charge is 0.201 e. The van der Waals surface area contributed by atoms with E-state index in [0.29, 0.717) is 12.4 Å². The summed E-state index contributed by atoms with van der Waals surface area (Å²) < 4.78 is 5.29. The number of nitrogens with one attached hydrogen (secondary N) is 1. The topological polar surface area (TPSA) is 47.3 Å². The molecule has 0 atom stereocenters. The van der Waals surface area contributed by atoms with Gasteiger partial charge in [0.25, 0.3) is 0 Å². The molecule has 1 N–H and O–H groups in total. The Bertz CT molecular complexity index is 512. The first kappa shape index (κ1) is 11.9. The van der Waals surface area contributed by atoms with Crippen LogP contribution in [0.2, 0.25) is 0 Å². The number of benzene rings is 1. The van der Waals surface area contributed by atoms with E-state index in [2.05, 4.69) is 37.5 Å². The highest BCUT2D eigenvalue weighted by molar-refractivity contribution is 5.88. The number of aromatic nitrogens is 1. The van der Waals surface area contributed by atoms with Crippen molar-refractivity contribution < 1.29 is 9.36 Å². The molecule has 4 heteroatoms. The SMILES string of the molecule is CCONc1noc2cc(C(C)(C)C)ccc12. The molecule has 1 heterocycles. The molecule has 0 amide bonds. The minimum Gasteiger partial charge on any atom is -0.354 e. The number of hydrogen-bond acceptors (Lipinski definition) is 4. The quantitative estimate of drug-likeness (QED) is 0.826. The van der Waals surface area contributed by atoms with Gasteiger partial charge >= 0.3 is 0 Å². The highest BCUT2D eigenvalue weighted by atomic mass is 16.6. The number of hydrogen-bond donors (Lipinski definition) is 1. The lowest BCUT2D eigenvalue weighted by Gasteiger charge is -2.18. The van der Waals surface area contributed by atoms with E-state index in [-0.39, 0.29) is 5.41 Å². The van der Waals surface area contributed by atoms with Crippen LogP contribution in [0.1, 0.15) is 33.3 Å². The highest BCUT2D eigenvalue weighted by Crippen LogP contribution is 2.29. The molecule has 1 aromatic carbocycles. The van der Waals surface area contributed by atoms with Crippen molar-refractivity contribution in [2.75, 3.05) is 12.1 Å². The second kappa shape index (κ2) is 4.37. The highest BCUT2D eigenvalue weighted by Gasteiger charge is 2.16. The van der Waals surface area contributed by atoms with Crippen LogP contribution in [0, 0.1) is 0 Å². The zero-order valence-electron chi connectivity index (χ0n) is 10.7. The first-order valence-corrected chi connectivity index (χ1v) is 5.80. The van der Waals surface area contributed by atoms with Crippen LogP contribution >= 0.6 is 0 Å². The molecule has 17 heavy (non-hydrogen) atoms. The maximum absolute atomic E-state index is 5.29. The molecule has 0 aliphatic carbocycles. The fraction of sp³-hybridized carbons (Fsp3) is 0.462. The number of fused-ring (bicyclic) bond motifs is 1. The molecule has 1 aromatic heterocycles. The van der Waals surface area contributed by atoms with Crippen LogP contribution in [0.15, 0.2) is 22.7 Å². The van der Waals surface area contributed by atoms with Gasteiger partial charge in [0.15, 0.2) is 5.58 Å². The fourth-order valence-corrected chi connectivity index (χ4v) is 1.62. The molecule has 2 aromatic rings. The van der Waals surface area contributed by atoms with Crippen molar-refractivity contribution in [2.24, 2.45) is 0 Å². The van der Waals surface area contributed by atoms with E-state index in [0.717, 1.165) is 11.0 Å². The van der Waals surface area contributed by atoms with Crippen molar-refractivity contribution in [2.45, 2.75) is 33.1 Å². The Hall–Kier alpha value is -1.55. The third kappa shape index (κ3) is 2.42. The second-order valence-electron chi connectivity index (χ2n) is 5.03. The standard InChI is InChI=1S/C13H18N2O2/c1-5-16-14-12-10-7-6-9(13(2,3)4)8-11(10)17-15-12/h6-8H,5H2,1-4H3,(H,14,15). The van der Waals surface area contributed by atoms with Gasteiger partial charge in [0, 0.05) is 0 Å². The molecule has 0 aliphatic rings. The summed E-state index contributed by atoms with van der Waals surface area (Å²) in [5.74, 6) is 0.627. The van der Waals surface area contributed by atoms with Crippen molar-refractivity contribution in [3.8, 4) is 0 Å². The zero-order valence-corrected chi connectivity index (χ0v) is 10.7. The summed E-state index contributed by atoms with van der Waals surface area (Å²) >= 11 is 0. The van der Waals surface area contributed by atoms with E-state index in [9.17, 15) is 0 Å². The van der Waals surface area contributed by atoms with Crippen molar-refractivity contribution in [3.63, 3.8) is 0 Å². The average molecular weight is 234 g/mol. The van der Waals surface area contributed by atoms with Gasteiger partial charge in [-0.2, -0.15) is 0 Å². The predicted molar refractivity (Wildman–Crippen MR) is 68.0 cm³/mol. The van der Waals surface area contributed by atoms with E-state index in [1.807, 2.05) is 19.1 Å². The first-order valence-electron chi connectivity index (χ1n) is 5.80. The largest absolute Gasteiger partial charge is 0.354 e. The zero-order chi connectivity index (χ0) is 12.5. The van der Waals surface area contributed by atoms with E-state index in [1.54, 1.807) is 0 Å². The van der Waals surface area contributed by atoms with Crippen LogP contribution in [0.25, 0.3) is 11.0 Å². The summed E-state index contributed by atoms with van der Waals surface area (Å²) in [6, 6.07) is 6.13. The number of nitrogens with zero attached hydrogens (tertiary/aromatic N) is 1. The van der Waals surface area contributed by atoms with Crippen LogP contribution in [-0.2, 0) is 10.3 Å². The van der Waals surface area contributed by atoms with Crippen LogP contribution < -0.4 is 5.48 Å². The van der Waals surface area contributed by atoms with E-state index >= 15 is 0 Å². The van der Waals surface area contributed by atoms with Gasteiger partial charge < -0.3 is 4.52 Å². The van der Waals surface area contributed by atoms with E-state index in [4.69, 9.17) is 9.36 Å². The summed E-state index contributed by atoms with van der Waals surface area (Å²) in [6.45, 7) is 9.00. The molecule has 0 unspecified atom stereocenters. The van der Waals surface area contributed by atoms with Gasteiger partial charge in [-0.3, -0.25) is 4.84 Å². The molecule has 0 saturated carbocycles. The minimum atomic E-state index is 0.106. The Labute approximate surface area is 101 Å². The average Bonchev–Trinajstić information content (AvgIpc) is 2.67. The molecule has 0 radical (unpaired) electrons. The van der Waals surface area contributed by atoms with Gasteiger partial charge in [-0.05, 0) is 30.0 Å². The minimum absolute atomic E-state index is 0.106. The Balaban J connectivity index is 2.38. The van der Waals surface area contributed by atoms with Crippen molar-refractivity contribution >= 4 is 16.8 Å². The van der Waals surface area contributed by atoms with Crippen molar-refractivity contribution in [1.82, 2.24) is 5.16 Å². The Kier molecular flexibility index (Phi) is 3.07. The number of rotatable bonds is 3. The predicted octanol–water partition coefficient (Wildman–Crippen LogP) is 3.49. The maximum Gasteiger partial charge on any atom is 0.201 e. The normalized spacial score (nSPS) is 12.0. The van der Waals surface area contributed by atoms with E-state index in [1.165, 1.54) is 5.56 Å². The lowest BCUT2D eigenvalue weighted by Crippen LogP contribution is -2.10. The second-order valence-corrected chi connectivity index (χ2v) is 5.03. The lowest BCUT2D eigenvalue weighted by molar-refractivity contribution is 0.207. The van der Waals surface area contributed by atoms with Gasteiger partial charge in [-0.1, -0.05) is 32.0 Å². The van der Waals surface area contributed by atoms with Crippen LogP contribution in [0.3, 0.4) is 0 Å². The monoisotopic (exact) mass is 234 g/mol. The molecule has 0 aliphatic heterocycles. The maximum atomic E-state index is 5.29. The van der Waals surface area contributed by atoms with Crippen LogP contribution in [-0.4, -0.2) is 11.8 Å². The number of anilines is 1. The molecule has 0 fully saturated rings. The van der Waals surface area contributed by atoms with Crippen molar-refractivity contribution in [1.29, 1.82) is 0 Å². The third-order valence-corrected chi connectivity index (χ3v) is 2.65. The van der Waals surface area contributed by atoms with Gasteiger partial charge in [-0.15, -0.1) is 0 Å². The fourth-order valence-electron chi connectivity index (χ4n) is 1.62. The Morgan fingerprint density at radius 3 is 2.76 bits per heavy atom. The summed E-state index contributed by atoms with van der Waals surface area (Å²) in [4.78, 5) is 5.11. The van der Waals surface area contributed by atoms with Crippen LogP contribution in [0.5, 0.6) is 0 Å². The molecular weight excluding hydrogens is 216 g/mol. The lowest BCUT2D eigenvalue weighted by atomic mass is 9.87. The first-order chi connectivity index (χ1) is 8.02.